The zero-order valence-electron chi connectivity index (χ0n) is 14.9. The summed E-state index contributed by atoms with van der Waals surface area (Å²) in [5, 5.41) is 10.8. The van der Waals surface area contributed by atoms with Crippen molar-refractivity contribution in [2.45, 2.75) is 72.0 Å². The maximum atomic E-state index is 13.3. The van der Waals surface area contributed by atoms with Gasteiger partial charge in [-0.3, -0.25) is 4.79 Å². The molecule has 1 N–H and O–H groups in total. The van der Waals surface area contributed by atoms with Crippen molar-refractivity contribution in [1.82, 2.24) is 0 Å². The van der Waals surface area contributed by atoms with Crippen molar-refractivity contribution in [1.29, 1.82) is 0 Å². The van der Waals surface area contributed by atoms with E-state index in [4.69, 9.17) is 4.74 Å². The van der Waals surface area contributed by atoms with Crippen LogP contribution in [-0.4, -0.2) is 29.7 Å². The number of carbonyl (C=O) groups excluding carboxylic acids is 1. The topological polar surface area (TPSA) is 46.5 Å². The van der Waals surface area contributed by atoms with Gasteiger partial charge in [0.1, 0.15) is 5.78 Å². The molecule has 2 bridgehead atoms. The molecular weight excluding hydrogens is 288 g/mol. The molecule has 0 aromatic rings. The van der Waals surface area contributed by atoms with Crippen molar-refractivity contribution in [2.75, 3.05) is 6.61 Å². The number of allylic oxidation sites excluding steroid dienone is 2. The van der Waals surface area contributed by atoms with Crippen molar-refractivity contribution in [3.8, 4) is 0 Å². The number of rotatable bonds is 0. The van der Waals surface area contributed by atoms with Gasteiger partial charge in [-0.2, -0.15) is 0 Å². The smallest absolute Gasteiger partial charge is 0.145 e. The third-order valence-electron chi connectivity index (χ3n) is 8.07. The highest BCUT2D eigenvalue weighted by molar-refractivity contribution is 5.88. The van der Waals surface area contributed by atoms with Crippen LogP contribution in [0.25, 0.3) is 0 Å². The van der Waals surface area contributed by atoms with Gasteiger partial charge in [-0.05, 0) is 50.4 Å². The molecule has 4 aliphatic rings. The van der Waals surface area contributed by atoms with Gasteiger partial charge < -0.3 is 9.84 Å². The quantitative estimate of drug-likeness (QED) is 0.695. The van der Waals surface area contributed by atoms with E-state index >= 15 is 0 Å². The highest BCUT2D eigenvalue weighted by atomic mass is 16.5. The Bertz CT molecular complexity index is 575. The maximum absolute atomic E-state index is 13.3. The minimum Gasteiger partial charge on any atom is -0.392 e. The first-order valence-corrected chi connectivity index (χ1v) is 9.28. The summed E-state index contributed by atoms with van der Waals surface area (Å²) in [7, 11) is 0. The number of aliphatic hydroxyl groups excluding tert-OH is 1. The molecule has 128 valence electrons. The Morgan fingerprint density at radius 2 is 1.96 bits per heavy atom. The van der Waals surface area contributed by atoms with Crippen molar-refractivity contribution < 1.29 is 14.6 Å². The minimum absolute atomic E-state index is 0.113. The molecule has 0 amide bonds. The molecule has 6 unspecified atom stereocenters. The Labute approximate surface area is 139 Å². The third kappa shape index (κ3) is 1.99. The van der Waals surface area contributed by atoms with Crippen molar-refractivity contribution >= 4 is 5.78 Å². The van der Waals surface area contributed by atoms with E-state index in [1.165, 1.54) is 17.6 Å². The van der Waals surface area contributed by atoms with Crippen molar-refractivity contribution in [3.05, 3.63) is 11.1 Å². The summed E-state index contributed by atoms with van der Waals surface area (Å²) in [6.45, 7) is 9.69. The number of Topliss-reactive ketones (excluding diaryl/α,β-unsaturated/α-hetero) is 1. The molecule has 4 rings (SSSR count). The number of carbonyl (C=O) groups is 1. The van der Waals surface area contributed by atoms with Gasteiger partial charge in [0, 0.05) is 18.8 Å². The van der Waals surface area contributed by atoms with Gasteiger partial charge in [-0.1, -0.05) is 25.0 Å². The molecule has 3 nitrogen and oxygen atoms in total. The zero-order chi connectivity index (χ0) is 16.6. The molecule has 6 atom stereocenters. The average Bonchev–Trinajstić information content (AvgIpc) is 2.46. The molecule has 3 aliphatic carbocycles. The second kappa shape index (κ2) is 4.92. The van der Waals surface area contributed by atoms with E-state index in [-0.39, 0.29) is 23.2 Å². The van der Waals surface area contributed by atoms with Crippen LogP contribution in [0.2, 0.25) is 0 Å². The molecule has 0 spiro atoms. The van der Waals surface area contributed by atoms with Crippen LogP contribution in [0.4, 0.5) is 0 Å². The Morgan fingerprint density at radius 1 is 1.22 bits per heavy atom. The fraction of sp³-hybridized carbons (Fsp3) is 0.850. The maximum Gasteiger partial charge on any atom is 0.145 e. The molecule has 3 heteroatoms. The fourth-order valence-electron chi connectivity index (χ4n) is 6.08. The predicted molar refractivity (Wildman–Crippen MR) is 88.9 cm³/mol. The molecule has 1 aliphatic heterocycles. The lowest BCUT2D eigenvalue weighted by Gasteiger charge is -2.59. The standard InChI is InChI=1S/C20H30O3/c1-11-5-6-12-7-15-13-10-23-16(13)9-18(22)20(15,4)17(21)8-14(11)19(12,2)3/h12-13,15-16,18,22H,5-10H2,1-4H3. The summed E-state index contributed by atoms with van der Waals surface area (Å²) >= 11 is 0. The van der Waals surface area contributed by atoms with Gasteiger partial charge in [0.05, 0.1) is 24.2 Å². The SMILES string of the molecule is CC1=C2CC(=O)C3(C)C(O)CC4OCC4C3CC(CC1)C2(C)C. The normalized spacial score (nSPS) is 48.7. The van der Waals surface area contributed by atoms with Crippen LogP contribution in [0.3, 0.4) is 0 Å². The van der Waals surface area contributed by atoms with E-state index in [9.17, 15) is 9.90 Å². The summed E-state index contributed by atoms with van der Waals surface area (Å²) in [4.78, 5) is 13.3. The first-order chi connectivity index (χ1) is 10.8. The highest BCUT2D eigenvalue weighted by Gasteiger charge is 2.61. The summed E-state index contributed by atoms with van der Waals surface area (Å²) in [5.74, 6) is 1.63. The second-order valence-electron chi connectivity index (χ2n) is 9.23. The molecule has 23 heavy (non-hydrogen) atoms. The first kappa shape index (κ1) is 15.8. The second-order valence-corrected chi connectivity index (χ2v) is 9.23. The van der Waals surface area contributed by atoms with Gasteiger partial charge in [-0.25, -0.2) is 0 Å². The number of aliphatic hydroxyl groups is 1. The number of hydrogen-bond acceptors (Lipinski definition) is 3. The highest BCUT2D eigenvalue weighted by Crippen LogP contribution is 2.59. The lowest BCUT2D eigenvalue weighted by Crippen LogP contribution is -2.63. The van der Waals surface area contributed by atoms with Gasteiger partial charge in [-0.15, -0.1) is 0 Å². The molecule has 3 fully saturated rings. The molecule has 1 saturated heterocycles. The molecule has 0 aromatic heterocycles. The minimum atomic E-state index is -0.581. The van der Waals surface area contributed by atoms with Crippen molar-refractivity contribution in [2.24, 2.45) is 28.6 Å². The summed E-state index contributed by atoms with van der Waals surface area (Å²) in [6.07, 6.45) is 4.22. The Kier molecular flexibility index (Phi) is 3.39. The van der Waals surface area contributed by atoms with Crippen LogP contribution in [-0.2, 0) is 9.53 Å². The van der Waals surface area contributed by atoms with E-state index in [0.29, 0.717) is 24.7 Å². The Morgan fingerprint density at radius 3 is 2.61 bits per heavy atom. The lowest BCUT2D eigenvalue weighted by molar-refractivity contribution is -0.227. The lowest BCUT2D eigenvalue weighted by atomic mass is 9.49. The zero-order valence-corrected chi connectivity index (χ0v) is 14.9. The first-order valence-electron chi connectivity index (χ1n) is 9.28. The monoisotopic (exact) mass is 318 g/mol. The van der Waals surface area contributed by atoms with Crippen LogP contribution in [0.15, 0.2) is 11.1 Å². The average molecular weight is 318 g/mol. The van der Waals surface area contributed by atoms with Crippen molar-refractivity contribution in [3.63, 3.8) is 0 Å². The Balaban J connectivity index is 1.80. The molecule has 0 aromatic carbocycles. The molecule has 1 heterocycles. The molecular formula is C20H30O3. The molecule has 0 radical (unpaired) electrons. The van der Waals surface area contributed by atoms with Crippen LogP contribution in [0.1, 0.15) is 59.8 Å². The predicted octanol–water partition coefficient (Wildman–Crippen LogP) is 3.50. The van der Waals surface area contributed by atoms with Crippen LogP contribution in [0, 0.1) is 28.6 Å². The van der Waals surface area contributed by atoms with Gasteiger partial charge in [0.2, 0.25) is 0 Å². The van der Waals surface area contributed by atoms with E-state index in [1.807, 2.05) is 6.92 Å². The summed E-state index contributed by atoms with van der Waals surface area (Å²) in [5.41, 5.74) is 2.30. The summed E-state index contributed by atoms with van der Waals surface area (Å²) < 4.78 is 5.70. The third-order valence-corrected chi connectivity index (χ3v) is 8.07. The van der Waals surface area contributed by atoms with E-state index in [0.717, 1.165) is 19.4 Å². The fourth-order valence-corrected chi connectivity index (χ4v) is 6.08. The molecule has 2 saturated carbocycles. The van der Waals surface area contributed by atoms with Gasteiger partial charge >= 0.3 is 0 Å². The largest absolute Gasteiger partial charge is 0.392 e. The Hall–Kier alpha value is -0.670. The van der Waals surface area contributed by atoms with Crippen LogP contribution >= 0.6 is 0 Å². The number of fused-ring (bicyclic) bond motifs is 5. The number of ketones is 1. The number of ether oxygens (including phenoxy) is 1. The van der Waals surface area contributed by atoms with Crippen LogP contribution in [0.5, 0.6) is 0 Å². The van der Waals surface area contributed by atoms with E-state index < -0.39 is 11.5 Å². The van der Waals surface area contributed by atoms with E-state index in [1.54, 1.807) is 0 Å². The van der Waals surface area contributed by atoms with Gasteiger partial charge in [0.15, 0.2) is 0 Å². The summed E-state index contributed by atoms with van der Waals surface area (Å²) in [6, 6.07) is 0. The number of hydrogen-bond donors (Lipinski definition) is 1. The van der Waals surface area contributed by atoms with Crippen LogP contribution < -0.4 is 0 Å². The van der Waals surface area contributed by atoms with E-state index in [2.05, 4.69) is 20.8 Å². The van der Waals surface area contributed by atoms with Gasteiger partial charge in [0.25, 0.3) is 0 Å².